The SMILES string of the molecule is C[C@@H](N[C@@H]1C=C[C@H](CO)C1)c1ccccc1N(C)C. The second kappa shape index (κ2) is 6.22. The van der Waals surface area contributed by atoms with Crippen LogP contribution in [0.15, 0.2) is 36.4 Å². The van der Waals surface area contributed by atoms with Crippen molar-refractivity contribution in [2.24, 2.45) is 5.92 Å². The fourth-order valence-electron chi connectivity index (χ4n) is 2.71. The van der Waals surface area contributed by atoms with E-state index in [4.69, 9.17) is 5.11 Å². The summed E-state index contributed by atoms with van der Waals surface area (Å²) in [7, 11) is 4.14. The van der Waals surface area contributed by atoms with Crippen LogP contribution in [0.3, 0.4) is 0 Å². The lowest BCUT2D eigenvalue weighted by Gasteiger charge is -2.24. The van der Waals surface area contributed by atoms with Crippen LogP contribution in [0.1, 0.15) is 24.9 Å². The molecule has 3 heteroatoms. The summed E-state index contributed by atoms with van der Waals surface area (Å²) in [5.74, 6) is 0.314. The Bertz CT molecular complexity index is 442. The van der Waals surface area contributed by atoms with Gasteiger partial charge in [-0.15, -0.1) is 0 Å². The predicted octanol–water partition coefficient (Wildman–Crippen LogP) is 2.34. The van der Waals surface area contributed by atoms with Crippen LogP contribution in [0.4, 0.5) is 5.69 Å². The van der Waals surface area contributed by atoms with E-state index in [0.29, 0.717) is 18.0 Å². The third kappa shape index (κ3) is 3.37. The number of anilines is 1. The Kier molecular flexibility index (Phi) is 4.61. The van der Waals surface area contributed by atoms with Crippen LogP contribution < -0.4 is 10.2 Å². The van der Waals surface area contributed by atoms with Crippen molar-refractivity contribution < 1.29 is 5.11 Å². The highest BCUT2D eigenvalue weighted by Gasteiger charge is 2.21. The molecule has 2 N–H and O–H groups in total. The standard InChI is InChI=1S/C16H24N2O/c1-12(17-14-9-8-13(10-14)11-19)15-6-4-5-7-16(15)18(2)3/h4-9,12-14,17,19H,10-11H2,1-3H3/t12-,13+,14-/m1/s1. The number of aliphatic hydroxyl groups is 1. The van der Waals surface area contributed by atoms with Crippen molar-refractivity contribution in [1.29, 1.82) is 0 Å². The molecule has 0 saturated heterocycles. The summed E-state index contributed by atoms with van der Waals surface area (Å²) in [6.45, 7) is 2.44. The lowest BCUT2D eigenvalue weighted by Crippen LogP contribution is -2.30. The van der Waals surface area contributed by atoms with Crippen LogP contribution in [-0.4, -0.2) is 31.9 Å². The Morgan fingerprint density at radius 2 is 2.05 bits per heavy atom. The second-order valence-electron chi connectivity index (χ2n) is 5.51. The number of hydrogen-bond donors (Lipinski definition) is 2. The van der Waals surface area contributed by atoms with E-state index in [2.05, 4.69) is 67.7 Å². The van der Waals surface area contributed by atoms with Crippen molar-refractivity contribution in [3.8, 4) is 0 Å². The van der Waals surface area contributed by atoms with Crippen LogP contribution in [0.5, 0.6) is 0 Å². The van der Waals surface area contributed by atoms with Crippen molar-refractivity contribution >= 4 is 5.69 Å². The molecule has 0 unspecified atom stereocenters. The highest BCUT2D eigenvalue weighted by atomic mass is 16.3. The molecule has 0 amide bonds. The summed E-state index contributed by atoms with van der Waals surface area (Å²) in [5.41, 5.74) is 2.57. The average Bonchev–Trinajstić information content (AvgIpc) is 2.86. The van der Waals surface area contributed by atoms with Crippen molar-refractivity contribution in [1.82, 2.24) is 5.32 Å². The van der Waals surface area contributed by atoms with Crippen molar-refractivity contribution in [2.45, 2.75) is 25.4 Å². The molecule has 0 fully saturated rings. The summed E-state index contributed by atoms with van der Waals surface area (Å²) in [5, 5.41) is 12.8. The Morgan fingerprint density at radius 3 is 2.68 bits per heavy atom. The van der Waals surface area contributed by atoms with E-state index >= 15 is 0 Å². The smallest absolute Gasteiger partial charge is 0.0494 e. The van der Waals surface area contributed by atoms with E-state index in [0.717, 1.165) is 6.42 Å². The van der Waals surface area contributed by atoms with Crippen LogP contribution >= 0.6 is 0 Å². The highest BCUT2D eigenvalue weighted by Crippen LogP contribution is 2.27. The normalized spacial score (nSPS) is 23.6. The number of para-hydroxylation sites is 1. The number of nitrogens with one attached hydrogen (secondary N) is 1. The van der Waals surface area contributed by atoms with Crippen molar-refractivity contribution in [3.05, 3.63) is 42.0 Å². The first-order chi connectivity index (χ1) is 9.11. The maximum atomic E-state index is 9.17. The fraction of sp³-hybridized carbons (Fsp3) is 0.500. The molecule has 1 aromatic rings. The molecule has 0 spiro atoms. The lowest BCUT2D eigenvalue weighted by molar-refractivity contribution is 0.245. The van der Waals surface area contributed by atoms with E-state index in [-0.39, 0.29) is 6.61 Å². The zero-order valence-electron chi connectivity index (χ0n) is 12.0. The van der Waals surface area contributed by atoms with Gasteiger partial charge in [0.05, 0.1) is 0 Å². The van der Waals surface area contributed by atoms with Gasteiger partial charge in [0.2, 0.25) is 0 Å². The van der Waals surface area contributed by atoms with E-state index in [1.54, 1.807) is 0 Å². The molecule has 3 atom stereocenters. The summed E-state index contributed by atoms with van der Waals surface area (Å²) in [6.07, 6.45) is 5.28. The third-order valence-electron chi connectivity index (χ3n) is 3.76. The monoisotopic (exact) mass is 260 g/mol. The molecular formula is C16H24N2O. The van der Waals surface area contributed by atoms with E-state index in [9.17, 15) is 0 Å². The maximum absolute atomic E-state index is 9.17. The molecule has 1 aliphatic carbocycles. The first-order valence-electron chi connectivity index (χ1n) is 6.93. The lowest BCUT2D eigenvalue weighted by atomic mass is 10.0. The van der Waals surface area contributed by atoms with Gasteiger partial charge in [0.15, 0.2) is 0 Å². The molecule has 1 aliphatic rings. The molecule has 3 nitrogen and oxygen atoms in total. The van der Waals surface area contributed by atoms with Gasteiger partial charge >= 0.3 is 0 Å². The van der Waals surface area contributed by atoms with E-state index in [1.807, 2.05) is 0 Å². The van der Waals surface area contributed by atoms with E-state index in [1.165, 1.54) is 11.3 Å². The minimum Gasteiger partial charge on any atom is -0.396 e. The topological polar surface area (TPSA) is 35.5 Å². The molecule has 0 bridgehead atoms. The third-order valence-corrected chi connectivity index (χ3v) is 3.76. The Balaban J connectivity index is 2.04. The van der Waals surface area contributed by atoms with E-state index < -0.39 is 0 Å². The van der Waals surface area contributed by atoms with Gasteiger partial charge in [-0.2, -0.15) is 0 Å². The Morgan fingerprint density at radius 1 is 1.32 bits per heavy atom. The Hall–Kier alpha value is -1.32. The molecule has 2 rings (SSSR count). The quantitative estimate of drug-likeness (QED) is 0.798. The van der Waals surface area contributed by atoms with Gasteiger partial charge in [0.25, 0.3) is 0 Å². The fourth-order valence-corrected chi connectivity index (χ4v) is 2.71. The zero-order valence-corrected chi connectivity index (χ0v) is 12.0. The average molecular weight is 260 g/mol. The number of aliphatic hydroxyl groups excluding tert-OH is 1. The predicted molar refractivity (Wildman–Crippen MR) is 80.4 cm³/mol. The van der Waals surface area contributed by atoms with Crippen LogP contribution in [-0.2, 0) is 0 Å². The van der Waals surface area contributed by atoms with Crippen molar-refractivity contribution in [3.63, 3.8) is 0 Å². The molecular weight excluding hydrogens is 236 g/mol. The summed E-state index contributed by atoms with van der Waals surface area (Å²) in [6, 6.07) is 9.14. The zero-order chi connectivity index (χ0) is 13.8. The molecule has 104 valence electrons. The van der Waals surface area contributed by atoms with Gasteiger partial charge < -0.3 is 15.3 Å². The molecule has 0 saturated carbocycles. The van der Waals surface area contributed by atoms with Crippen LogP contribution in [0.25, 0.3) is 0 Å². The first kappa shape index (κ1) is 14.1. The first-order valence-corrected chi connectivity index (χ1v) is 6.93. The summed E-state index contributed by atoms with van der Waals surface area (Å²) < 4.78 is 0. The molecule has 0 aromatic heterocycles. The minimum absolute atomic E-state index is 0.247. The van der Waals surface area contributed by atoms with Gasteiger partial charge in [-0.05, 0) is 25.0 Å². The number of benzene rings is 1. The van der Waals surface area contributed by atoms with Gasteiger partial charge in [0.1, 0.15) is 0 Å². The second-order valence-corrected chi connectivity index (χ2v) is 5.51. The molecule has 0 radical (unpaired) electrons. The maximum Gasteiger partial charge on any atom is 0.0494 e. The number of hydrogen-bond acceptors (Lipinski definition) is 3. The van der Waals surface area contributed by atoms with Crippen LogP contribution in [0.2, 0.25) is 0 Å². The summed E-state index contributed by atoms with van der Waals surface area (Å²) in [4.78, 5) is 2.15. The van der Waals surface area contributed by atoms with Crippen LogP contribution in [0, 0.1) is 5.92 Å². The molecule has 1 aromatic carbocycles. The van der Waals surface area contributed by atoms with Crippen molar-refractivity contribution in [2.75, 3.05) is 25.6 Å². The highest BCUT2D eigenvalue weighted by molar-refractivity contribution is 5.53. The molecule has 0 aliphatic heterocycles. The van der Waals surface area contributed by atoms with Gasteiger partial charge in [-0.3, -0.25) is 0 Å². The number of nitrogens with zero attached hydrogens (tertiary/aromatic N) is 1. The Labute approximate surface area is 115 Å². The molecule has 19 heavy (non-hydrogen) atoms. The molecule has 0 heterocycles. The minimum atomic E-state index is 0.247. The van der Waals surface area contributed by atoms with Gasteiger partial charge in [0, 0.05) is 44.4 Å². The summed E-state index contributed by atoms with van der Waals surface area (Å²) >= 11 is 0. The van der Waals surface area contributed by atoms with Gasteiger partial charge in [-0.25, -0.2) is 0 Å². The largest absolute Gasteiger partial charge is 0.396 e. The number of rotatable bonds is 5. The van der Waals surface area contributed by atoms with Gasteiger partial charge in [-0.1, -0.05) is 30.4 Å².